The highest BCUT2D eigenvalue weighted by molar-refractivity contribution is 5.88. The molecule has 0 spiro atoms. The zero-order valence-corrected chi connectivity index (χ0v) is 22.0. The summed E-state index contributed by atoms with van der Waals surface area (Å²) in [6, 6.07) is 1.80. The number of ketones is 1. The number of hydrogen-bond acceptors (Lipinski definition) is 7. The lowest BCUT2D eigenvalue weighted by atomic mass is 9.73. The molecule has 2 aliphatic rings. The van der Waals surface area contributed by atoms with Crippen LogP contribution in [0.1, 0.15) is 85.8 Å². The van der Waals surface area contributed by atoms with Crippen LogP contribution in [0.5, 0.6) is 0 Å². The topological polar surface area (TPSA) is 110 Å². The molecule has 194 valence electrons. The number of carbonyl (C=O) groups is 2. The Kier molecular flexibility index (Phi) is 8.53. The van der Waals surface area contributed by atoms with Crippen molar-refractivity contribution in [2.75, 3.05) is 0 Å². The van der Waals surface area contributed by atoms with Gasteiger partial charge in [0, 0.05) is 12.1 Å². The molecule has 7 heteroatoms. The molecule has 7 nitrogen and oxygen atoms in total. The summed E-state index contributed by atoms with van der Waals surface area (Å²) >= 11 is 0. The number of fused-ring (bicyclic) bond motifs is 1. The molecule has 1 aromatic heterocycles. The molecule has 2 heterocycles. The monoisotopic (exact) mass is 486 g/mol. The molecule has 0 bridgehead atoms. The first kappa shape index (κ1) is 27.5. The molecule has 2 N–H and O–H groups in total. The summed E-state index contributed by atoms with van der Waals surface area (Å²) in [6.45, 7) is 11.2. The first-order valence-corrected chi connectivity index (χ1v) is 12.9. The van der Waals surface area contributed by atoms with Crippen LogP contribution in [0.2, 0.25) is 0 Å². The summed E-state index contributed by atoms with van der Waals surface area (Å²) in [7, 11) is 0. The maximum absolute atomic E-state index is 13.2. The van der Waals surface area contributed by atoms with Gasteiger partial charge in [-0.25, -0.2) is 9.97 Å². The van der Waals surface area contributed by atoms with Gasteiger partial charge < -0.3 is 14.9 Å². The predicted molar refractivity (Wildman–Crippen MR) is 134 cm³/mol. The van der Waals surface area contributed by atoms with Crippen molar-refractivity contribution in [3.8, 4) is 0 Å². The van der Waals surface area contributed by atoms with Crippen LogP contribution in [0, 0.1) is 28.6 Å². The number of carbonyl (C=O) groups excluding carboxylic acids is 2. The van der Waals surface area contributed by atoms with E-state index < -0.39 is 35.6 Å². The van der Waals surface area contributed by atoms with Gasteiger partial charge in [-0.2, -0.15) is 0 Å². The zero-order chi connectivity index (χ0) is 26.0. The van der Waals surface area contributed by atoms with E-state index in [1.807, 2.05) is 19.9 Å². The van der Waals surface area contributed by atoms with Gasteiger partial charge in [0.1, 0.15) is 18.2 Å². The average Bonchev–Trinajstić information content (AvgIpc) is 3.45. The van der Waals surface area contributed by atoms with Gasteiger partial charge in [0.25, 0.3) is 0 Å². The number of hydrogen-bond donors (Lipinski definition) is 2. The molecule has 1 aliphatic carbocycles. The van der Waals surface area contributed by atoms with Crippen LogP contribution in [0.25, 0.3) is 6.08 Å². The molecule has 0 amide bonds. The van der Waals surface area contributed by atoms with E-state index in [0.29, 0.717) is 12.3 Å². The highest BCUT2D eigenvalue weighted by Gasteiger charge is 2.50. The highest BCUT2D eigenvalue weighted by Crippen LogP contribution is 2.58. The van der Waals surface area contributed by atoms with Gasteiger partial charge in [0.05, 0.1) is 29.7 Å². The second kappa shape index (κ2) is 10.9. The standard InChI is InChI=1S/C28H42N2O5/c1-17-8-7-10-28(6)15-20(28)13-22(18(2)12-21-9-11-29-16-30-21)35-24(32)14-23(31)27(4,5)26(34)19(3)25(17)33/h9,11-12,16-17,19-20,22-23,25,31,33H,7-8,10,13-15H2,1-6H3/b18-12+/t17-,19+,20+,22-,23-,25-,28-/m0/s1. The second-order valence-corrected chi connectivity index (χ2v) is 11.7. The van der Waals surface area contributed by atoms with E-state index in [-0.39, 0.29) is 23.5 Å². The highest BCUT2D eigenvalue weighted by atomic mass is 16.5. The fraction of sp³-hybridized carbons (Fsp3) is 0.714. The summed E-state index contributed by atoms with van der Waals surface area (Å²) in [6.07, 6.45) is 7.00. The Balaban J connectivity index is 1.86. The number of nitrogens with zero attached hydrogens (tertiary/aromatic N) is 2. The molecule has 0 aromatic carbocycles. The SMILES string of the molecule is C/C(=C\c1ccncn1)[C@@H]1C[C@@H]2C[C@]2(C)CCC[C@H](C)[C@H](O)[C@@H](C)C(=O)C(C)(C)[C@@H](O)CC(=O)O1. The van der Waals surface area contributed by atoms with Crippen molar-refractivity contribution in [3.63, 3.8) is 0 Å². The van der Waals surface area contributed by atoms with E-state index in [1.165, 1.54) is 6.33 Å². The quantitative estimate of drug-likeness (QED) is 0.597. The Labute approximate surface area is 209 Å². The van der Waals surface area contributed by atoms with Crippen LogP contribution in [0.3, 0.4) is 0 Å². The first-order chi connectivity index (χ1) is 16.3. The normalized spacial score (nSPS) is 37.3. The van der Waals surface area contributed by atoms with Crippen LogP contribution in [0.15, 0.2) is 24.2 Å². The lowest BCUT2D eigenvalue weighted by Gasteiger charge is -2.34. The van der Waals surface area contributed by atoms with Crippen molar-refractivity contribution < 1.29 is 24.5 Å². The number of esters is 1. The van der Waals surface area contributed by atoms with E-state index in [2.05, 4.69) is 16.9 Å². The van der Waals surface area contributed by atoms with Gasteiger partial charge in [-0.05, 0) is 67.6 Å². The van der Waals surface area contributed by atoms with Gasteiger partial charge in [-0.3, -0.25) is 9.59 Å². The van der Waals surface area contributed by atoms with Crippen molar-refractivity contribution >= 4 is 17.8 Å². The van der Waals surface area contributed by atoms with Gasteiger partial charge in [0.15, 0.2) is 0 Å². The Hall–Kier alpha value is -2.12. The number of ether oxygens (including phenoxy) is 1. The van der Waals surface area contributed by atoms with Gasteiger partial charge >= 0.3 is 5.97 Å². The fourth-order valence-corrected chi connectivity index (χ4v) is 5.49. The summed E-state index contributed by atoms with van der Waals surface area (Å²) in [5.41, 5.74) is 0.632. The Morgan fingerprint density at radius 2 is 1.91 bits per heavy atom. The van der Waals surface area contributed by atoms with Crippen LogP contribution < -0.4 is 0 Å². The summed E-state index contributed by atoms with van der Waals surface area (Å²) in [5.74, 6) is -0.992. The summed E-state index contributed by atoms with van der Waals surface area (Å²) in [5, 5.41) is 21.7. The lowest BCUT2D eigenvalue weighted by molar-refractivity contribution is -0.154. The van der Waals surface area contributed by atoms with Crippen molar-refractivity contribution in [1.82, 2.24) is 9.97 Å². The van der Waals surface area contributed by atoms with Crippen molar-refractivity contribution in [3.05, 3.63) is 29.9 Å². The second-order valence-electron chi connectivity index (χ2n) is 11.7. The third-order valence-corrected chi connectivity index (χ3v) is 8.54. The summed E-state index contributed by atoms with van der Waals surface area (Å²) in [4.78, 5) is 34.4. The van der Waals surface area contributed by atoms with E-state index in [1.54, 1.807) is 33.0 Å². The Morgan fingerprint density at radius 1 is 1.20 bits per heavy atom. The molecular formula is C28H42N2O5. The Morgan fingerprint density at radius 3 is 2.57 bits per heavy atom. The van der Waals surface area contributed by atoms with E-state index in [4.69, 9.17) is 4.74 Å². The molecule has 0 radical (unpaired) electrons. The van der Waals surface area contributed by atoms with Crippen molar-refractivity contribution in [2.24, 2.45) is 28.6 Å². The molecule has 2 fully saturated rings. The molecule has 0 unspecified atom stereocenters. The van der Waals surface area contributed by atoms with Gasteiger partial charge in [0.2, 0.25) is 0 Å². The molecule has 1 aliphatic heterocycles. The predicted octanol–water partition coefficient (Wildman–Crippen LogP) is 4.37. The maximum Gasteiger partial charge on any atom is 0.309 e. The average molecular weight is 487 g/mol. The molecule has 7 atom stereocenters. The maximum atomic E-state index is 13.2. The molecule has 1 saturated heterocycles. The number of aromatic nitrogens is 2. The largest absolute Gasteiger partial charge is 0.458 e. The molecule has 1 aromatic rings. The van der Waals surface area contributed by atoms with Crippen molar-refractivity contribution in [2.45, 2.75) is 98.4 Å². The number of Topliss-reactive ketones (excluding diaryl/α,β-unsaturated/α-hetero) is 1. The third-order valence-electron chi connectivity index (χ3n) is 8.54. The van der Waals surface area contributed by atoms with E-state index in [9.17, 15) is 19.8 Å². The first-order valence-electron chi connectivity index (χ1n) is 12.9. The molecule has 35 heavy (non-hydrogen) atoms. The van der Waals surface area contributed by atoms with Crippen LogP contribution >= 0.6 is 0 Å². The summed E-state index contributed by atoms with van der Waals surface area (Å²) < 4.78 is 5.92. The Bertz CT molecular complexity index is 931. The lowest BCUT2D eigenvalue weighted by Crippen LogP contribution is -2.45. The molecule has 1 saturated carbocycles. The zero-order valence-electron chi connectivity index (χ0n) is 22.0. The van der Waals surface area contributed by atoms with Gasteiger partial charge in [-0.1, -0.05) is 41.0 Å². The van der Waals surface area contributed by atoms with Crippen LogP contribution in [-0.4, -0.2) is 50.2 Å². The number of aliphatic hydroxyl groups excluding tert-OH is 2. The minimum absolute atomic E-state index is 0.0219. The van der Waals surface area contributed by atoms with Crippen LogP contribution in [-0.2, 0) is 14.3 Å². The molecular weight excluding hydrogens is 444 g/mol. The number of aliphatic hydroxyl groups is 2. The molecule has 3 rings (SSSR count). The number of rotatable bonds is 2. The minimum atomic E-state index is -1.21. The third kappa shape index (κ3) is 6.56. The van der Waals surface area contributed by atoms with E-state index >= 15 is 0 Å². The fourth-order valence-electron chi connectivity index (χ4n) is 5.49. The van der Waals surface area contributed by atoms with Crippen molar-refractivity contribution in [1.29, 1.82) is 0 Å². The minimum Gasteiger partial charge on any atom is -0.458 e. The smallest absolute Gasteiger partial charge is 0.309 e. The van der Waals surface area contributed by atoms with Gasteiger partial charge in [-0.15, -0.1) is 0 Å². The van der Waals surface area contributed by atoms with Crippen LogP contribution in [0.4, 0.5) is 0 Å². The van der Waals surface area contributed by atoms with E-state index in [0.717, 1.165) is 37.0 Å². The number of cyclic esters (lactones) is 1.